The summed E-state index contributed by atoms with van der Waals surface area (Å²) in [5.74, 6) is 0.207. The molecule has 3 nitrogen and oxygen atoms in total. The van der Waals surface area contributed by atoms with E-state index in [0.717, 1.165) is 18.8 Å². The van der Waals surface area contributed by atoms with Crippen molar-refractivity contribution in [1.29, 1.82) is 0 Å². The summed E-state index contributed by atoms with van der Waals surface area (Å²) in [4.78, 5) is 18.1. The Hall–Kier alpha value is -1.49. The lowest BCUT2D eigenvalue weighted by Gasteiger charge is -2.24. The Balaban J connectivity index is 0.00000208. The second-order valence-electron chi connectivity index (χ2n) is 6.04. The number of hydrogen-bond acceptors (Lipinski definition) is 3. The molecule has 1 amide bonds. The number of benzene rings is 2. The van der Waals surface area contributed by atoms with Crippen LogP contribution in [0.3, 0.4) is 0 Å². The number of amides is 1. The van der Waals surface area contributed by atoms with Crippen LogP contribution in [0.1, 0.15) is 17.2 Å². The number of anilines is 1. The molecule has 0 N–H and O–H groups in total. The smallest absolute Gasteiger partial charge is 0.228 e. The highest BCUT2D eigenvalue weighted by Gasteiger charge is 2.28. The molecule has 2 aromatic rings. The average molecular weight is 363 g/mol. The maximum absolute atomic E-state index is 12.9. The van der Waals surface area contributed by atoms with Crippen LogP contribution in [0.2, 0.25) is 0 Å². The summed E-state index contributed by atoms with van der Waals surface area (Å²) >= 11 is 1.80. The number of carbonyl (C=O) groups is 1. The zero-order valence-electron chi connectivity index (χ0n) is 14.0. The molecule has 0 fully saturated rings. The number of likely N-dealkylation sites (N-methyl/N-ethyl adjacent to an activating group) is 1. The molecule has 0 saturated heterocycles. The highest BCUT2D eigenvalue weighted by atomic mass is 35.5. The lowest BCUT2D eigenvalue weighted by atomic mass is 10.1. The van der Waals surface area contributed by atoms with Crippen LogP contribution in [0.25, 0.3) is 0 Å². The van der Waals surface area contributed by atoms with E-state index in [4.69, 9.17) is 0 Å². The van der Waals surface area contributed by atoms with Crippen molar-refractivity contribution >= 4 is 35.8 Å². The molecule has 1 aliphatic heterocycles. The maximum Gasteiger partial charge on any atom is 0.228 e. The van der Waals surface area contributed by atoms with Crippen molar-refractivity contribution < 1.29 is 4.79 Å². The fourth-order valence-corrected chi connectivity index (χ4v) is 4.06. The van der Waals surface area contributed by atoms with Gasteiger partial charge in [0.05, 0.1) is 5.69 Å². The van der Waals surface area contributed by atoms with Crippen LogP contribution in [-0.4, -0.2) is 38.0 Å². The summed E-state index contributed by atoms with van der Waals surface area (Å²) in [6, 6.07) is 18.6. The van der Waals surface area contributed by atoms with Crippen molar-refractivity contribution in [3.63, 3.8) is 0 Å². The predicted octanol–water partition coefficient (Wildman–Crippen LogP) is 4.24. The number of para-hydroxylation sites is 1. The SMILES string of the molecule is CN(C)CCN1C(=O)C[C@H](c2ccccc2)Sc2ccccc21.Cl. The van der Waals surface area contributed by atoms with Crippen LogP contribution in [0.4, 0.5) is 5.69 Å². The molecule has 1 aliphatic rings. The van der Waals surface area contributed by atoms with Crippen LogP contribution >= 0.6 is 24.2 Å². The van der Waals surface area contributed by atoms with Crippen LogP contribution in [0.5, 0.6) is 0 Å². The standard InChI is InChI=1S/C19H22N2OS.ClH/c1-20(2)12-13-21-16-10-6-7-11-17(16)23-18(14-19(21)22)15-8-4-3-5-9-15;/h3-11,18H,12-14H2,1-2H3;1H/t18-;/m1./s1. The van der Waals surface area contributed by atoms with E-state index in [1.807, 2.05) is 49.3 Å². The first-order chi connectivity index (χ1) is 11.1. The van der Waals surface area contributed by atoms with Crippen LogP contribution < -0.4 is 4.90 Å². The molecular formula is C19H23ClN2OS. The van der Waals surface area contributed by atoms with Gasteiger partial charge in [-0.3, -0.25) is 4.79 Å². The first-order valence-corrected chi connectivity index (χ1v) is 8.79. The van der Waals surface area contributed by atoms with Crippen molar-refractivity contribution in [1.82, 2.24) is 4.90 Å². The molecular weight excluding hydrogens is 340 g/mol. The molecule has 24 heavy (non-hydrogen) atoms. The van der Waals surface area contributed by atoms with Gasteiger partial charge < -0.3 is 9.80 Å². The largest absolute Gasteiger partial charge is 0.310 e. The van der Waals surface area contributed by atoms with E-state index in [0.29, 0.717) is 6.42 Å². The molecule has 5 heteroatoms. The lowest BCUT2D eigenvalue weighted by Crippen LogP contribution is -2.36. The molecule has 1 atom stereocenters. The Kier molecular flexibility index (Phi) is 6.72. The third-order valence-corrected chi connectivity index (χ3v) is 5.35. The highest BCUT2D eigenvalue weighted by molar-refractivity contribution is 7.99. The number of halogens is 1. The Morgan fingerprint density at radius 2 is 1.75 bits per heavy atom. The van der Waals surface area contributed by atoms with E-state index in [9.17, 15) is 4.79 Å². The van der Waals surface area contributed by atoms with Gasteiger partial charge in [0, 0.05) is 29.7 Å². The van der Waals surface area contributed by atoms with Gasteiger partial charge in [0.15, 0.2) is 0 Å². The molecule has 0 aromatic heterocycles. The normalized spacial score (nSPS) is 17.2. The van der Waals surface area contributed by atoms with E-state index in [2.05, 4.69) is 29.2 Å². The Morgan fingerprint density at radius 3 is 2.46 bits per heavy atom. The molecule has 0 aliphatic carbocycles. The topological polar surface area (TPSA) is 23.6 Å². The number of fused-ring (bicyclic) bond motifs is 1. The minimum absolute atomic E-state index is 0. The molecule has 1 heterocycles. The van der Waals surface area contributed by atoms with Crippen molar-refractivity contribution in [2.24, 2.45) is 0 Å². The zero-order chi connectivity index (χ0) is 16.2. The fraction of sp³-hybridized carbons (Fsp3) is 0.316. The van der Waals surface area contributed by atoms with Crippen molar-refractivity contribution in [3.05, 3.63) is 60.2 Å². The third-order valence-electron chi connectivity index (χ3n) is 4.03. The van der Waals surface area contributed by atoms with Crippen LogP contribution in [0.15, 0.2) is 59.5 Å². The highest BCUT2D eigenvalue weighted by Crippen LogP contribution is 2.45. The predicted molar refractivity (Wildman–Crippen MR) is 104 cm³/mol. The van der Waals surface area contributed by atoms with Gasteiger partial charge >= 0.3 is 0 Å². The molecule has 0 spiro atoms. The molecule has 0 unspecified atom stereocenters. The molecule has 3 rings (SSSR count). The summed E-state index contributed by atoms with van der Waals surface area (Å²) in [5.41, 5.74) is 2.26. The van der Waals surface area contributed by atoms with E-state index in [1.54, 1.807) is 11.8 Å². The van der Waals surface area contributed by atoms with Gasteiger partial charge in [0.1, 0.15) is 0 Å². The summed E-state index contributed by atoms with van der Waals surface area (Å²) < 4.78 is 0. The van der Waals surface area contributed by atoms with Gasteiger partial charge in [0.2, 0.25) is 5.91 Å². The Bertz CT molecular complexity index is 678. The van der Waals surface area contributed by atoms with Gasteiger partial charge in [-0.25, -0.2) is 0 Å². The summed E-state index contributed by atoms with van der Waals surface area (Å²) in [6.07, 6.45) is 0.538. The van der Waals surface area contributed by atoms with Gasteiger partial charge in [-0.15, -0.1) is 24.2 Å². The van der Waals surface area contributed by atoms with Gasteiger partial charge in [-0.2, -0.15) is 0 Å². The number of hydrogen-bond donors (Lipinski definition) is 0. The summed E-state index contributed by atoms with van der Waals surface area (Å²) in [5, 5.41) is 0.175. The second-order valence-corrected chi connectivity index (χ2v) is 7.28. The molecule has 0 saturated carbocycles. The summed E-state index contributed by atoms with van der Waals surface area (Å²) in [7, 11) is 4.07. The lowest BCUT2D eigenvalue weighted by molar-refractivity contribution is -0.118. The van der Waals surface area contributed by atoms with E-state index >= 15 is 0 Å². The minimum atomic E-state index is 0. The van der Waals surface area contributed by atoms with Crippen LogP contribution in [0, 0.1) is 0 Å². The Morgan fingerprint density at radius 1 is 1.08 bits per heavy atom. The Labute approximate surface area is 154 Å². The van der Waals surface area contributed by atoms with E-state index < -0.39 is 0 Å². The van der Waals surface area contributed by atoms with Crippen molar-refractivity contribution in [3.8, 4) is 0 Å². The quantitative estimate of drug-likeness (QED) is 0.812. The van der Waals surface area contributed by atoms with Crippen LogP contribution in [-0.2, 0) is 4.79 Å². The van der Waals surface area contributed by atoms with Gasteiger partial charge in [0.25, 0.3) is 0 Å². The first kappa shape index (κ1) is 18.8. The number of rotatable bonds is 4. The van der Waals surface area contributed by atoms with Crippen molar-refractivity contribution in [2.75, 3.05) is 32.1 Å². The molecule has 0 bridgehead atoms. The van der Waals surface area contributed by atoms with Gasteiger partial charge in [-0.1, -0.05) is 42.5 Å². The number of carbonyl (C=O) groups excluding carboxylic acids is 1. The van der Waals surface area contributed by atoms with Crippen molar-refractivity contribution in [2.45, 2.75) is 16.6 Å². The number of nitrogens with zero attached hydrogens (tertiary/aromatic N) is 2. The summed E-state index contributed by atoms with van der Waals surface area (Å²) in [6.45, 7) is 1.59. The second kappa shape index (κ2) is 8.56. The average Bonchev–Trinajstić information content (AvgIpc) is 2.70. The van der Waals surface area contributed by atoms with Gasteiger partial charge in [-0.05, 0) is 31.8 Å². The third kappa shape index (κ3) is 4.32. The number of thioether (sulfide) groups is 1. The van der Waals surface area contributed by atoms with E-state index in [-0.39, 0.29) is 23.6 Å². The zero-order valence-corrected chi connectivity index (χ0v) is 15.6. The van der Waals surface area contributed by atoms with E-state index in [1.165, 1.54) is 10.5 Å². The molecule has 0 radical (unpaired) electrons. The maximum atomic E-state index is 12.9. The monoisotopic (exact) mass is 362 g/mol. The first-order valence-electron chi connectivity index (χ1n) is 7.91. The molecule has 128 valence electrons. The molecule has 2 aromatic carbocycles. The fourth-order valence-electron chi connectivity index (χ4n) is 2.78. The minimum Gasteiger partial charge on any atom is -0.310 e.